The molecule has 0 aromatic carbocycles. The minimum atomic E-state index is -4.04. The molecule has 0 radical (unpaired) electrons. The second-order valence-corrected chi connectivity index (χ2v) is 7.23. The van der Waals surface area contributed by atoms with Gasteiger partial charge in [-0.3, -0.25) is 14.9 Å². The maximum Gasteiger partial charge on any atom is 0.304 e. The number of nitrogen functional groups attached to an aromatic ring is 1. The maximum atomic E-state index is 12.1. The van der Waals surface area contributed by atoms with Gasteiger partial charge in [-0.2, -0.15) is 4.72 Å². The van der Waals surface area contributed by atoms with Gasteiger partial charge in [-0.25, -0.2) is 8.42 Å². The lowest BCUT2D eigenvalue weighted by Gasteiger charge is -2.13. The van der Waals surface area contributed by atoms with Gasteiger partial charge in [0.25, 0.3) is 10.0 Å². The molecule has 0 aliphatic heterocycles. The van der Waals surface area contributed by atoms with E-state index in [1.165, 1.54) is 6.92 Å². The molecule has 0 bridgehead atoms. The molecule has 1 heterocycles. The Hall–Kier alpha value is -1.72. The van der Waals surface area contributed by atoms with Crippen LogP contribution in [0.15, 0.2) is 10.3 Å². The van der Waals surface area contributed by atoms with Crippen molar-refractivity contribution in [3.05, 3.63) is 16.2 Å². The van der Waals surface area contributed by atoms with E-state index in [-0.39, 0.29) is 9.21 Å². The van der Waals surface area contributed by atoms with E-state index in [1.54, 1.807) is 0 Å². The molecule has 4 N–H and O–H groups in total. The lowest BCUT2D eigenvalue weighted by molar-refractivity contribution is -0.383. The van der Waals surface area contributed by atoms with Gasteiger partial charge >= 0.3 is 5.69 Å². The first-order valence-corrected chi connectivity index (χ1v) is 8.32. The standard InChI is InChI=1S/C10H16N4O5S2/c1-3-4-12-10(15)6(2)13-21(18,19)8-5-7(14(16)17)9(11)20-8/h5-6,13H,3-4,11H2,1-2H3,(H,12,15). The molecule has 0 saturated heterocycles. The van der Waals surface area contributed by atoms with Crippen molar-refractivity contribution in [1.29, 1.82) is 0 Å². The van der Waals surface area contributed by atoms with Crippen LogP contribution in [0.4, 0.5) is 10.7 Å². The van der Waals surface area contributed by atoms with Crippen molar-refractivity contribution >= 4 is 38.0 Å². The first-order valence-electron chi connectivity index (χ1n) is 6.02. The van der Waals surface area contributed by atoms with E-state index in [4.69, 9.17) is 5.73 Å². The molecule has 0 fully saturated rings. The molecule has 1 aromatic heterocycles. The molecule has 21 heavy (non-hydrogen) atoms. The molecule has 0 aliphatic rings. The Bertz CT molecular complexity index is 640. The first kappa shape index (κ1) is 17.3. The topological polar surface area (TPSA) is 144 Å². The Morgan fingerprint density at radius 3 is 2.67 bits per heavy atom. The molecule has 1 rings (SSSR count). The van der Waals surface area contributed by atoms with Crippen LogP contribution in [0.5, 0.6) is 0 Å². The molecule has 0 spiro atoms. The molecule has 9 nitrogen and oxygen atoms in total. The summed E-state index contributed by atoms with van der Waals surface area (Å²) < 4.78 is 25.9. The Labute approximate surface area is 125 Å². The van der Waals surface area contributed by atoms with Gasteiger partial charge < -0.3 is 11.1 Å². The third kappa shape index (κ3) is 4.37. The summed E-state index contributed by atoms with van der Waals surface area (Å²) in [6.07, 6.45) is 0.721. The van der Waals surface area contributed by atoms with Gasteiger partial charge in [-0.1, -0.05) is 18.3 Å². The van der Waals surface area contributed by atoms with Gasteiger partial charge in [0, 0.05) is 12.6 Å². The number of nitrogens with zero attached hydrogens (tertiary/aromatic N) is 1. The number of amides is 1. The highest BCUT2D eigenvalue weighted by Crippen LogP contribution is 2.34. The molecular formula is C10H16N4O5S2. The Morgan fingerprint density at radius 2 is 2.19 bits per heavy atom. The van der Waals surface area contributed by atoms with E-state index in [0.29, 0.717) is 17.9 Å². The molecule has 1 amide bonds. The number of nitro groups is 1. The summed E-state index contributed by atoms with van der Waals surface area (Å²) in [6.45, 7) is 3.68. The van der Waals surface area contributed by atoms with Crippen LogP contribution in [0.3, 0.4) is 0 Å². The van der Waals surface area contributed by atoms with E-state index >= 15 is 0 Å². The predicted octanol–water partition coefficient (Wildman–Crippen LogP) is 0.432. The molecule has 11 heteroatoms. The minimum Gasteiger partial charge on any atom is -0.385 e. The van der Waals surface area contributed by atoms with Crippen molar-refractivity contribution in [2.24, 2.45) is 0 Å². The number of hydrogen-bond acceptors (Lipinski definition) is 7. The quantitative estimate of drug-likeness (QED) is 0.486. The minimum absolute atomic E-state index is 0.205. The smallest absolute Gasteiger partial charge is 0.304 e. The number of thiophene rings is 1. The van der Waals surface area contributed by atoms with Crippen LogP contribution in [0.2, 0.25) is 0 Å². The van der Waals surface area contributed by atoms with Gasteiger partial charge in [0.15, 0.2) is 5.00 Å². The van der Waals surface area contributed by atoms with E-state index in [0.717, 1.165) is 12.5 Å². The lowest BCUT2D eigenvalue weighted by Crippen LogP contribution is -2.44. The predicted molar refractivity (Wildman–Crippen MR) is 78.5 cm³/mol. The summed E-state index contributed by atoms with van der Waals surface area (Å²) in [5.74, 6) is -0.473. The van der Waals surface area contributed by atoms with Crippen molar-refractivity contribution in [3.8, 4) is 0 Å². The summed E-state index contributed by atoms with van der Waals surface area (Å²) >= 11 is 0.575. The molecule has 118 valence electrons. The van der Waals surface area contributed by atoms with E-state index < -0.39 is 32.6 Å². The Kier molecular flexibility index (Phi) is 5.63. The third-order valence-electron chi connectivity index (χ3n) is 2.45. The van der Waals surface area contributed by atoms with Gasteiger partial charge in [0.05, 0.1) is 11.0 Å². The molecule has 0 saturated carbocycles. The summed E-state index contributed by atoms with van der Waals surface area (Å²) in [4.78, 5) is 21.5. The fraction of sp³-hybridized carbons (Fsp3) is 0.500. The largest absolute Gasteiger partial charge is 0.385 e. The van der Waals surface area contributed by atoms with E-state index in [2.05, 4.69) is 10.0 Å². The molecular weight excluding hydrogens is 320 g/mol. The number of hydrogen-bond donors (Lipinski definition) is 3. The Morgan fingerprint density at radius 1 is 1.57 bits per heavy atom. The maximum absolute atomic E-state index is 12.1. The van der Waals surface area contributed by atoms with Gasteiger partial charge in [-0.05, 0) is 13.3 Å². The molecule has 1 aromatic rings. The Balaban J connectivity index is 2.89. The van der Waals surface area contributed by atoms with Gasteiger partial charge in [0.2, 0.25) is 5.91 Å². The average Bonchev–Trinajstić information content (AvgIpc) is 2.78. The number of anilines is 1. The van der Waals surface area contributed by atoms with Crippen molar-refractivity contribution < 1.29 is 18.1 Å². The second kappa shape index (κ2) is 6.83. The fourth-order valence-electron chi connectivity index (χ4n) is 1.39. The van der Waals surface area contributed by atoms with Crippen LogP contribution in [0.1, 0.15) is 20.3 Å². The van der Waals surface area contributed by atoms with Crippen molar-refractivity contribution in [2.75, 3.05) is 12.3 Å². The third-order valence-corrected chi connectivity index (χ3v) is 5.42. The van der Waals surface area contributed by atoms with Crippen LogP contribution in [0, 0.1) is 10.1 Å². The average molecular weight is 336 g/mol. The number of carbonyl (C=O) groups excluding carboxylic acids is 1. The molecule has 0 aliphatic carbocycles. The van der Waals surface area contributed by atoms with Crippen LogP contribution < -0.4 is 15.8 Å². The molecule has 1 atom stereocenters. The van der Waals surface area contributed by atoms with E-state index in [9.17, 15) is 23.3 Å². The second-order valence-electron chi connectivity index (χ2n) is 4.21. The number of carbonyl (C=O) groups is 1. The van der Waals surface area contributed by atoms with Crippen molar-refractivity contribution in [1.82, 2.24) is 10.0 Å². The SMILES string of the molecule is CCCNC(=O)C(C)NS(=O)(=O)c1cc([N+](=O)[O-])c(N)s1. The summed E-state index contributed by atoms with van der Waals surface area (Å²) in [7, 11) is -4.04. The lowest BCUT2D eigenvalue weighted by atomic mass is 10.3. The fourth-order valence-corrected chi connectivity index (χ4v) is 3.83. The number of rotatable bonds is 7. The summed E-state index contributed by atoms with van der Waals surface area (Å²) in [6, 6.07) is -0.122. The van der Waals surface area contributed by atoms with Gasteiger partial charge in [0.1, 0.15) is 4.21 Å². The van der Waals surface area contributed by atoms with Crippen molar-refractivity contribution in [2.45, 2.75) is 30.5 Å². The summed E-state index contributed by atoms with van der Waals surface area (Å²) in [5.41, 5.74) is 4.93. The zero-order chi connectivity index (χ0) is 16.2. The van der Waals surface area contributed by atoms with Crippen LogP contribution in [0.25, 0.3) is 0 Å². The monoisotopic (exact) mass is 336 g/mol. The van der Waals surface area contributed by atoms with E-state index in [1.807, 2.05) is 6.92 Å². The zero-order valence-corrected chi connectivity index (χ0v) is 13.1. The number of nitrogens with two attached hydrogens (primary N) is 1. The highest BCUT2D eigenvalue weighted by atomic mass is 32.2. The van der Waals surface area contributed by atoms with Crippen LogP contribution in [-0.4, -0.2) is 31.8 Å². The highest BCUT2D eigenvalue weighted by Gasteiger charge is 2.27. The van der Waals surface area contributed by atoms with Crippen molar-refractivity contribution in [3.63, 3.8) is 0 Å². The zero-order valence-electron chi connectivity index (χ0n) is 11.5. The molecule has 1 unspecified atom stereocenters. The highest BCUT2D eigenvalue weighted by molar-refractivity contribution is 7.91. The van der Waals surface area contributed by atoms with Crippen LogP contribution in [-0.2, 0) is 14.8 Å². The number of sulfonamides is 1. The van der Waals surface area contributed by atoms with Gasteiger partial charge in [-0.15, -0.1) is 0 Å². The van der Waals surface area contributed by atoms with Crippen LogP contribution >= 0.6 is 11.3 Å². The summed E-state index contributed by atoms with van der Waals surface area (Å²) in [5, 5.41) is 13.0. The first-order chi connectivity index (χ1) is 9.69. The number of nitrogens with one attached hydrogen (secondary N) is 2. The normalized spacial score (nSPS) is 12.9.